The Morgan fingerprint density at radius 3 is 3.05 bits per heavy atom. The molecular weight excluding hydrogens is 254 g/mol. The highest BCUT2D eigenvalue weighted by Gasteiger charge is 2.25. The van der Waals surface area contributed by atoms with Crippen molar-refractivity contribution in [3.8, 4) is 0 Å². The van der Waals surface area contributed by atoms with E-state index >= 15 is 0 Å². The number of aromatic nitrogens is 2. The number of nitrogens with two attached hydrogens (primary N) is 1. The van der Waals surface area contributed by atoms with Gasteiger partial charge < -0.3 is 15.0 Å². The van der Waals surface area contributed by atoms with Gasteiger partial charge in [0, 0.05) is 0 Å². The molecule has 2 aromatic rings. The van der Waals surface area contributed by atoms with Crippen molar-refractivity contribution in [2.45, 2.75) is 25.3 Å². The number of benzene rings is 1. The van der Waals surface area contributed by atoms with Crippen LogP contribution in [-0.2, 0) is 11.2 Å². The van der Waals surface area contributed by atoms with Gasteiger partial charge in [0.1, 0.15) is 5.82 Å². The van der Waals surface area contributed by atoms with Crippen molar-refractivity contribution < 1.29 is 9.53 Å². The van der Waals surface area contributed by atoms with E-state index in [2.05, 4.69) is 23.2 Å². The number of esters is 1. The summed E-state index contributed by atoms with van der Waals surface area (Å²) in [6, 6.07) is 8.50. The minimum absolute atomic E-state index is 0.144. The summed E-state index contributed by atoms with van der Waals surface area (Å²) in [5.74, 6) is -0.121. The molecule has 20 heavy (non-hydrogen) atoms. The molecule has 2 N–H and O–H groups in total. The van der Waals surface area contributed by atoms with E-state index in [0.29, 0.717) is 5.82 Å². The molecule has 0 spiro atoms. The molecule has 1 aromatic carbocycles. The Hall–Kier alpha value is -2.30. The summed E-state index contributed by atoms with van der Waals surface area (Å²) in [6.07, 6.45) is 4.82. The topological polar surface area (TPSA) is 70.1 Å². The van der Waals surface area contributed by atoms with E-state index in [9.17, 15) is 4.79 Å². The average molecular weight is 271 g/mol. The Morgan fingerprint density at radius 1 is 1.45 bits per heavy atom. The summed E-state index contributed by atoms with van der Waals surface area (Å²) >= 11 is 0. The highest BCUT2D eigenvalue weighted by molar-refractivity contribution is 5.92. The first-order chi connectivity index (χ1) is 9.72. The van der Waals surface area contributed by atoms with Gasteiger partial charge in [-0.05, 0) is 30.4 Å². The predicted molar refractivity (Wildman–Crippen MR) is 75.5 cm³/mol. The zero-order chi connectivity index (χ0) is 14.1. The van der Waals surface area contributed by atoms with E-state index in [0.717, 1.165) is 19.3 Å². The Labute approximate surface area is 117 Å². The van der Waals surface area contributed by atoms with Crippen LogP contribution in [0, 0.1) is 0 Å². The standard InChI is InChI=1S/C15H17N3O2/c1-20-15(19)13-14(16)18(9-17-13)12-8-4-6-10-5-2-3-7-11(10)12/h2-3,5,7,9,12H,4,6,8,16H2,1H3. The molecule has 1 aliphatic rings. The summed E-state index contributed by atoms with van der Waals surface area (Å²) in [6.45, 7) is 0. The largest absolute Gasteiger partial charge is 0.464 e. The summed E-state index contributed by atoms with van der Waals surface area (Å²) in [5.41, 5.74) is 8.86. The molecule has 104 valence electrons. The van der Waals surface area contributed by atoms with Crippen LogP contribution in [0.2, 0.25) is 0 Å². The third kappa shape index (κ3) is 1.95. The molecule has 0 saturated carbocycles. The van der Waals surface area contributed by atoms with Crippen LogP contribution in [0.25, 0.3) is 0 Å². The van der Waals surface area contributed by atoms with E-state index in [-0.39, 0.29) is 11.7 Å². The Morgan fingerprint density at radius 2 is 2.25 bits per heavy atom. The fourth-order valence-electron chi connectivity index (χ4n) is 2.89. The first-order valence-electron chi connectivity index (χ1n) is 6.70. The lowest BCUT2D eigenvalue weighted by Gasteiger charge is -2.27. The number of nitrogens with zero attached hydrogens (tertiary/aromatic N) is 2. The van der Waals surface area contributed by atoms with Gasteiger partial charge in [0.2, 0.25) is 0 Å². The highest BCUT2D eigenvalue weighted by atomic mass is 16.5. The molecule has 5 nitrogen and oxygen atoms in total. The van der Waals surface area contributed by atoms with Crippen LogP contribution < -0.4 is 5.73 Å². The van der Waals surface area contributed by atoms with Crippen LogP contribution >= 0.6 is 0 Å². The van der Waals surface area contributed by atoms with Crippen LogP contribution in [0.5, 0.6) is 0 Å². The van der Waals surface area contributed by atoms with Crippen LogP contribution in [-0.4, -0.2) is 22.6 Å². The third-order valence-electron chi connectivity index (χ3n) is 3.88. The molecule has 1 aromatic heterocycles. The number of aryl methyl sites for hydroxylation is 1. The van der Waals surface area contributed by atoms with Gasteiger partial charge in [0.15, 0.2) is 5.69 Å². The van der Waals surface area contributed by atoms with Gasteiger partial charge in [-0.15, -0.1) is 0 Å². The number of methoxy groups -OCH3 is 1. The van der Waals surface area contributed by atoms with Crippen molar-refractivity contribution in [3.05, 3.63) is 47.4 Å². The number of ether oxygens (including phenoxy) is 1. The zero-order valence-corrected chi connectivity index (χ0v) is 11.4. The second kappa shape index (κ2) is 5.00. The average Bonchev–Trinajstić information content (AvgIpc) is 2.87. The second-order valence-corrected chi connectivity index (χ2v) is 4.98. The first-order valence-corrected chi connectivity index (χ1v) is 6.70. The smallest absolute Gasteiger partial charge is 0.360 e. The molecule has 1 aliphatic carbocycles. The van der Waals surface area contributed by atoms with E-state index < -0.39 is 5.97 Å². The van der Waals surface area contributed by atoms with Gasteiger partial charge in [0.25, 0.3) is 0 Å². The first kappa shape index (κ1) is 12.7. The van der Waals surface area contributed by atoms with Crippen LogP contribution in [0.1, 0.15) is 40.5 Å². The molecule has 1 heterocycles. The van der Waals surface area contributed by atoms with Crippen molar-refractivity contribution in [2.75, 3.05) is 12.8 Å². The Bertz CT molecular complexity index is 648. The van der Waals surface area contributed by atoms with Gasteiger partial charge >= 0.3 is 5.97 Å². The van der Waals surface area contributed by atoms with Gasteiger partial charge in [-0.1, -0.05) is 24.3 Å². The molecule has 0 saturated heterocycles. The van der Waals surface area contributed by atoms with Crippen molar-refractivity contribution in [1.29, 1.82) is 0 Å². The fraction of sp³-hybridized carbons (Fsp3) is 0.333. The third-order valence-corrected chi connectivity index (χ3v) is 3.88. The van der Waals surface area contributed by atoms with E-state index in [1.807, 2.05) is 10.6 Å². The van der Waals surface area contributed by atoms with E-state index in [1.165, 1.54) is 18.2 Å². The SMILES string of the molecule is COC(=O)c1ncn(C2CCCc3ccccc32)c1N. The van der Waals surface area contributed by atoms with Crippen molar-refractivity contribution in [1.82, 2.24) is 9.55 Å². The number of hydrogen-bond donors (Lipinski definition) is 1. The lowest BCUT2D eigenvalue weighted by atomic mass is 9.87. The van der Waals surface area contributed by atoms with Crippen molar-refractivity contribution >= 4 is 11.8 Å². The zero-order valence-electron chi connectivity index (χ0n) is 11.4. The normalized spacial score (nSPS) is 17.6. The fourth-order valence-corrected chi connectivity index (χ4v) is 2.89. The lowest BCUT2D eigenvalue weighted by Crippen LogP contribution is -2.18. The minimum atomic E-state index is -0.495. The monoisotopic (exact) mass is 271 g/mol. The van der Waals surface area contributed by atoms with Gasteiger partial charge in [-0.2, -0.15) is 0 Å². The number of fused-ring (bicyclic) bond motifs is 1. The quantitative estimate of drug-likeness (QED) is 0.850. The molecule has 0 bridgehead atoms. The van der Waals surface area contributed by atoms with Crippen LogP contribution in [0.15, 0.2) is 30.6 Å². The molecule has 0 amide bonds. The lowest BCUT2D eigenvalue weighted by molar-refractivity contribution is 0.0596. The molecule has 3 rings (SSSR count). The molecule has 0 fully saturated rings. The van der Waals surface area contributed by atoms with Crippen molar-refractivity contribution in [2.24, 2.45) is 0 Å². The van der Waals surface area contributed by atoms with Crippen LogP contribution in [0.4, 0.5) is 5.82 Å². The Kier molecular flexibility index (Phi) is 3.18. The summed E-state index contributed by atoms with van der Waals surface area (Å²) in [4.78, 5) is 15.7. The summed E-state index contributed by atoms with van der Waals surface area (Å²) in [7, 11) is 1.33. The maximum atomic E-state index is 11.6. The summed E-state index contributed by atoms with van der Waals surface area (Å²) < 4.78 is 6.57. The van der Waals surface area contributed by atoms with Gasteiger partial charge in [-0.25, -0.2) is 9.78 Å². The van der Waals surface area contributed by atoms with Gasteiger partial charge in [0.05, 0.1) is 19.5 Å². The van der Waals surface area contributed by atoms with Crippen molar-refractivity contribution in [3.63, 3.8) is 0 Å². The number of hydrogen-bond acceptors (Lipinski definition) is 4. The maximum absolute atomic E-state index is 11.6. The molecule has 0 radical (unpaired) electrons. The number of imidazole rings is 1. The molecule has 1 unspecified atom stereocenters. The number of nitrogen functional groups attached to an aromatic ring is 1. The number of anilines is 1. The molecule has 1 atom stereocenters. The maximum Gasteiger partial charge on any atom is 0.360 e. The molecule has 5 heteroatoms. The number of rotatable bonds is 2. The molecular formula is C15H17N3O2. The van der Waals surface area contributed by atoms with Gasteiger partial charge in [-0.3, -0.25) is 0 Å². The number of carbonyl (C=O) groups is 1. The second-order valence-electron chi connectivity index (χ2n) is 4.98. The predicted octanol–water partition coefficient (Wildman–Crippen LogP) is 2.18. The number of carbonyl (C=O) groups excluding carboxylic acids is 1. The minimum Gasteiger partial charge on any atom is -0.464 e. The van der Waals surface area contributed by atoms with E-state index in [4.69, 9.17) is 10.5 Å². The Balaban J connectivity index is 2.03. The summed E-state index contributed by atoms with van der Waals surface area (Å²) in [5, 5.41) is 0. The molecule has 0 aliphatic heterocycles. The van der Waals surface area contributed by atoms with Crippen LogP contribution in [0.3, 0.4) is 0 Å². The highest BCUT2D eigenvalue weighted by Crippen LogP contribution is 2.34. The van der Waals surface area contributed by atoms with E-state index in [1.54, 1.807) is 6.33 Å².